The second-order valence-electron chi connectivity index (χ2n) is 4.51. The van der Waals surface area contributed by atoms with Gasteiger partial charge in [0.05, 0.1) is 6.61 Å². The number of rotatable bonds is 8. The van der Waals surface area contributed by atoms with Crippen LogP contribution in [0.4, 0.5) is 13.2 Å². The molecule has 0 aromatic heterocycles. The Bertz CT molecular complexity index is 453. The van der Waals surface area contributed by atoms with Gasteiger partial charge in [0.1, 0.15) is 19.0 Å². The molecule has 0 amide bonds. The summed E-state index contributed by atoms with van der Waals surface area (Å²) in [6.45, 7) is 4.07. The maximum Gasteiger partial charge on any atom is 0.411 e. The number of nitrogens with one attached hydrogen (secondary N) is 1. The van der Waals surface area contributed by atoms with Gasteiger partial charge >= 0.3 is 6.18 Å². The third-order valence-electron chi connectivity index (χ3n) is 2.62. The predicted molar refractivity (Wildman–Crippen MR) is 78.6 cm³/mol. The lowest BCUT2D eigenvalue weighted by molar-refractivity contribution is -0.175. The number of hydrogen-bond acceptors (Lipinski definition) is 3. The Morgan fingerprint density at radius 1 is 1.24 bits per heavy atom. The van der Waals surface area contributed by atoms with E-state index in [0.717, 1.165) is 22.1 Å². The highest BCUT2D eigenvalue weighted by atomic mass is 79.9. The number of benzene rings is 1. The average molecular weight is 370 g/mol. The summed E-state index contributed by atoms with van der Waals surface area (Å²) in [4.78, 5) is 0. The lowest BCUT2D eigenvalue weighted by Gasteiger charge is -2.15. The SMILES string of the molecule is CCNCc1cc(Br)cc(C)c1OCCOCC(F)(F)F. The quantitative estimate of drug-likeness (QED) is 0.706. The van der Waals surface area contributed by atoms with Gasteiger partial charge in [0.15, 0.2) is 0 Å². The van der Waals surface area contributed by atoms with Gasteiger partial charge in [0.25, 0.3) is 0 Å². The van der Waals surface area contributed by atoms with Gasteiger partial charge in [0.2, 0.25) is 0 Å². The summed E-state index contributed by atoms with van der Waals surface area (Å²) in [5.74, 6) is 0.690. The summed E-state index contributed by atoms with van der Waals surface area (Å²) in [5.41, 5.74) is 1.88. The standard InChI is InChI=1S/C14H19BrF3NO2/c1-3-19-8-11-7-12(15)6-10(2)13(11)21-5-4-20-9-14(16,17)18/h6-7,19H,3-5,8-9H2,1-2H3. The van der Waals surface area contributed by atoms with Gasteiger partial charge < -0.3 is 14.8 Å². The summed E-state index contributed by atoms with van der Waals surface area (Å²) < 4.78 is 46.9. The maximum absolute atomic E-state index is 11.9. The Morgan fingerprint density at radius 3 is 2.57 bits per heavy atom. The highest BCUT2D eigenvalue weighted by Crippen LogP contribution is 2.28. The van der Waals surface area contributed by atoms with Gasteiger partial charge in [0, 0.05) is 16.6 Å². The smallest absolute Gasteiger partial charge is 0.411 e. The molecule has 0 saturated heterocycles. The summed E-state index contributed by atoms with van der Waals surface area (Å²) in [5, 5.41) is 3.20. The van der Waals surface area contributed by atoms with Gasteiger partial charge in [-0.05, 0) is 31.2 Å². The van der Waals surface area contributed by atoms with Crippen LogP contribution in [0.5, 0.6) is 5.75 Å². The van der Waals surface area contributed by atoms with Crippen LogP contribution in [0.25, 0.3) is 0 Å². The predicted octanol–water partition coefficient (Wildman–Crippen LogP) is 3.82. The highest BCUT2D eigenvalue weighted by molar-refractivity contribution is 9.10. The van der Waals surface area contributed by atoms with Crippen molar-refractivity contribution in [2.45, 2.75) is 26.6 Å². The molecule has 7 heteroatoms. The minimum Gasteiger partial charge on any atom is -0.491 e. The summed E-state index contributed by atoms with van der Waals surface area (Å²) in [7, 11) is 0. The molecule has 120 valence electrons. The molecule has 1 rings (SSSR count). The minimum absolute atomic E-state index is 0.0810. The van der Waals surface area contributed by atoms with E-state index in [1.807, 2.05) is 26.0 Å². The van der Waals surface area contributed by atoms with Crippen LogP contribution >= 0.6 is 15.9 Å². The van der Waals surface area contributed by atoms with E-state index in [1.165, 1.54) is 0 Å². The molecule has 0 aliphatic rings. The molecular formula is C14H19BrF3NO2. The fourth-order valence-electron chi connectivity index (χ4n) is 1.79. The Kier molecular flexibility index (Phi) is 7.48. The van der Waals surface area contributed by atoms with Crippen LogP contribution in [0, 0.1) is 6.92 Å². The zero-order valence-electron chi connectivity index (χ0n) is 12.0. The van der Waals surface area contributed by atoms with E-state index in [2.05, 4.69) is 26.0 Å². The van der Waals surface area contributed by atoms with Crippen molar-refractivity contribution in [2.24, 2.45) is 0 Å². The van der Waals surface area contributed by atoms with Crippen LogP contribution in [0.2, 0.25) is 0 Å². The monoisotopic (exact) mass is 369 g/mol. The minimum atomic E-state index is -4.30. The highest BCUT2D eigenvalue weighted by Gasteiger charge is 2.27. The van der Waals surface area contributed by atoms with Crippen molar-refractivity contribution in [3.8, 4) is 5.75 Å². The van der Waals surface area contributed by atoms with Gasteiger partial charge in [-0.3, -0.25) is 0 Å². The average Bonchev–Trinajstić information content (AvgIpc) is 2.36. The largest absolute Gasteiger partial charge is 0.491 e. The Hall–Kier alpha value is -0.790. The molecule has 0 aliphatic heterocycles. The normalized spacial score (nSPS) is 11.7. The van der Waals surface area contributed by atoms with E-state index in [0.29, 0.717) is 12.3 Å². The molecule has 1 N–H and O–H groups in total. The molecule has 0 unspecified atom stereocenters. The fraction of sp³-hybridized carbons (Fsp3) is 0.571. The zero-order chi connectivity index (χ0) is 15.9. The molecule has 0 heterocycles. The van der Waals surface area contributed by atoms with E-state index in [-0.39, 0.29) is 13.2 Å². The lowest BCUT2D eigenvalue weighted by Crippen LogP contribution is -2.20. The third-order valence-corrected chi connectivity index (χ3v) is 3.08. The van der Waals surface area contributed by atoms with E-state index in [4.69, 9.17) is 4.74 Å². The van der Waals surface area contributed by atoms with Gasteiger partial charge in [-0.1, -0.05) is 22.9 Å². The summed E-state index contributed by atoms with van der Waals surface area (Å²) >= 11 is 3.42. The number of halogens is 4. The molecule has 0 aliphatic carbocycles. The molecule has 0 radical (unpaired) electrons. The third kappa shape index (κ3) is 7.15. The van der Waals surface area contributed by atoms with E-state index >= 15 is 0 Å². The van der Waals surface area contributed by atoms with Crippen LogP contribution in [0.1, 0.15) is 18.1 Å². The van der Waals surface area contributed by atoms with E-state index in [1.54, 1.807) is 0 Å². The van der Waals surface area contributed by atoms with Crippen molar-refractivity contribution >= 4 is 15.9 Å². The Labute approximate surface area is 130 Å². The molecule has 0 bridgehead atoms. The van der Waals surface area contributed by atoms with Crippen molar-refractivity contribution in [3.05, 3.63) is 27.7 Å². The lowest BCUT2D eigenvalue weighted by atomic mass is 10.1. The molecule has 1 aromatic rings. The van der Waals surface area contributed by atoms with Crippen molar-refractivity contribution in [2.75, 3.05) is 26.4 Å². The first kappa shape index (κ1) is 18.3. The molecule has 0 atom stereocenters. The van der Waals surface area contributed by atoms with Gasteiger partial charge in [-0.2, -0.15) is 13.2 Å². The van der Waals surface area contributed by atoms with Gasteiger partial charge in [-0.15, -0.1) is 0 Å². The zero-order valence-corrected chi connectivity index (χ0v) is 13.6. The number of aryl methyl sites for hydroxylation is 1. The first-order valence-corrected chi connectivity index (χ1v) is 7.40. The molecule has 21 heavy (non-hydrogen) atoms. The van der Waals surface area contributed by atoms with Crippen LogP contribution < -0.4 is 10.1 Å². The second-order valence-corrected chi connectivity index (χ2v) is 5.42. The van der Waals surface area contributed by atoms with Crippen LogP contribution in [0.3, 0.4) is 0 Å². The molecular weight excluding hydrogens is 351 g/mol. The summed E-state index contributed by atoms with van der Waals surface area (Å²) in [6, 6.07) is 3.84. The van der Waals surface area contributed by atoms with E-state index < -0.39 is 12.8 Å². The number of ether oxygens (including phenoxy) is 2. The Morgan fingerprint density at radius 2 is 1.95 bits per heavy atom. The topological polar surface area (TPSA) is 30.5 Å². The first-order chi connectivity index (χ1) is 9.83. The number of alkyl halides is 3. The summed E-state index contributed by atoms with van der Waals surface area (Å²) in [6.07, 6.45) is -4.30. The van der Waals surface area contributed by atoms with Gasteiger partial charge in [-0.25, -0.2) is 0 Å². The number of hydrogen-bond donors (Lipinski definition) is 1. The molecule has 3 nitrogen and oxygen atoms in total. The molecule has 0 saturated carbocycles. The van der Waals surface area contributed by atoms with Crippen molar-refractivity contribution in [1.29, 1.82) is 0 Å². The van der Waals surface area contributed by atoms with Crippen molar-refractivity contribution in [3.63, 3.8) is 0 Å². The maximum atomic E-state index is 11.9. The van der Waals surface area contributed by atoms with Crippen LogP contribution in [-0.4, -0.2) is 32.5 Å². The molecule has 1 aromatic carbocycles. The Balaban J connectivity index is 2.56. The fourth-order valence-corrected chi connectivity index (χ4v) is 2.41. The van der Waals surface area contributed by atoms with E-state index in [9.17, 15) is 13.2 Å². The van der Waals surface area contributed by atoms with Crippen molar-refractivity contribution in [1.82, 2.24) is 5.32 Å². The van der Waals surface area contributed by atoms with Crippen LogP contribution in [0.15, 0.2) is 16.6 Å². The van der Waals surface area contributed by atoms with Crippen molar-refractivity contribution < 1.29 is 22.6 Å². The van der Waals surface area contributed by atoms with Crippen LogP contribution in [-0.2, 0) is 11.3 Å². The second kappa shape index (κ2) is 8.60. The molecule has 0 spiro atoms. The first-order valence-electron chi connectivity index (χ1n) is 6.60. The molecule has 0 fully saturated rings.